The van der Waals surface area contributed by atoms with Crippen molar-refractivity contribution in [3.05, 3.63) is 0 Å². The normalized spacial score (nSPS) is 32.7. The Balaban J connectivity index is 1.97. The third kappa shape index (κ3) is 2.12. The summed E-state index contributed by atoms with van der Waals surface area (Å²) in [5.41, 5.74) is 0. The van der Waals surface area contributed by atoms with Crippen LogP contribution >= 0.6 is 0 Å². The molecule has 15 heavy (non-hydrogen) atoms. The third-order valence-corrected chi connectivity index (χ3v) is 3.21. The maximum absolute atomic E-state index is 11.6. The molecule has 0 aliphatic carbocycles. The standard InChI is InChI=1S/C10H16N2O3/c13-9-8(6-7(11-9)10(14)15)12-4-2-1-3-5-12/h7-8H,1-6H2,(H,11,13)(H,14,15)/t7-,8+/m0/s1. The Morgan fingerprint density at radius 1 is 1.33 bits per heavy atom. The van der Waals surface area contributed by atoms with Crippen LogP contribution in [0.3, 0.4) is 0 Å². The van der Waals surface area contributed by atoms with E-state index in [-0.39, 0.29) is 11.9 Å². The molecule has 2 fully saturated rings. The summed E-state index contributed by atoms with van der Waals surface area (Å²) < 4.78 is 0. The fraction of sp³-hybridized carbons (Fsp3) is 0.800. The van der Waals surface area contributed by atoms with Crippen molar-refractivity contribution < 1.29 is 14.7 Å². The van der Waals surface area contributed by atoms with Crippen LogP contribution in [0.1, 0.15) is 25.7 Å². The highest BCUT2D eigenvalue weighted by Crippen LogP contribution is 2.19. The molecule has 2 N–H and O–H groups in total. The first-order valence-corrected chi connectivity index (χ1v) is 5.46. The van der Waals surface area contributed by atoms with Crippen molar-refractivity contribution in [2.75, 3.05) is 13.1 Å². The topological polar surface area (TPSA) is 69.6 Å². The number of nitrogens with one attached hydrogen (secondary N) is 1. The monoisotopic (exact) mass is 212 g/mol. The van der Waals surface area contributed by atoms with Gasteiger partial charge in [-0.25, -0.2) is 4.79 Å². The van der Waals surface area contributed by atoms with Gasteiger partial charge in [-0.1, -0.05) is 6.42 Å². The van der Waals surface area contributed by atoms with E-state index in [0.29, 0.717) is 6.42 Å². The number of piperidine rings is 1. The SMILES string of the molecule is O=C(O)[C@@H]1C[C@@H](N2CCCCC2)C(=O)N1. The molecule has 0 unspecified atom stereocenters. The number of hydrogen-bond acceptors (Lipinski definition) is 3. The summed E-state index contributed by atoms with van der Waals surface area (Å²) in [7, 11) is 0. The Morgan fingerprint density at radius 3 is 2.53 bits per heavy atom. The first kappa shape index (κ1) is 10.4. The quantitative estimate of drug-likeness (QED) is 0.666. The van der Waals surface area contributed by atoms with Crippen molar-refractivity contribution in [1.29, 1.82) is 0 Å². The van der Waals surface area contributed by atoms with Crippen molar-refractivity contribution in [3.63, 3.8) is 0 Å². The Bertz CT molecular complexity index is 274. The second kappa shape index (κ2) is 4.18. The molecular formula is C10H16N2O3. The average molecular weight is 212 g/mol. The molecule has 0 radical (unpaired) electrons. The molecular weight excluding hydrogens is 196 g/mol. The van der Waals surface area contributed by atoms with Crippen molar-refractivity contribution in [2.45, 2.75) is 37.8 Å². The van der Waals surface area contributed by atoms with E-state index in [1.165, 1.54) is 6.42 Å². The molecule has 84 valence electrons. The summed E-state index contributed by atoms with van der Waals surface area (Å²) >= 11 is 0. The lowest BCUT2D eigenvalue weighted by molar-refractivity contribution is -0.140. The molecule has 0 saturated carbocycles. The van der Waals surface area contributed by atoms with Gasteiger partial charge in [-0.3, -0.25) is 9.69 Å². The number of carboxylic acid groups (broad SMARTS) is 1. The van der Waals surface area contributed by atoms with Crippen molar-refractivity contribution in [2.24, 2.45) is 0 Å². The molecule has 0 aromatic carbocycles. The molecule has 1 amide bonds. The minimum atomic E-state index is -0.928. The van der Waals surface area contributed by atoms with Gasteiger partial charge in [-0.15, -0.1) is 0 Å². The summed E-state index contributed by atoms with van der Waals surface area (Å²) in [4.78, 5) is 24.4. The lowest BCUT2D eigenvalue weighted by Gasteiger charge is -2.30. The molecule has 0 aromatic rings. The van der Waals surface area contributed by atoms with Crippen LogP contribution in [0.2, 0.25) is 0 Å². The summed E-state index contributed by atoms with van der Waals surface area (Å²) in [5, 5.41) is 11.3. The number of aliphatic carboxylic acids is 1. The van der Waals surface area contributed by atoms with Gasteiger partial charge >= 0.3 is 5.97 Å². The van der Waals surface area contributed by atoms with Crippen molar-refractivity contribution >= 4 is 11.9 Å². The Labute approximate surface area is 88.4 Å². The van der Waals surface area contributed by atoms with Crippen LogP contribution in [0.25, 0.3) is 0 Å². The van der Waals surface area contributed by atoms with Crippen LogP contribution in [0.15, 0.2) is 0 Å². The molecule has 2 atom stereocenters. The van der Waals surface area contributed by atoms with Crippen LogP contribution in [0, 0.1) is 0 Å². The Morgan fingerprint density at radius 2 is 2.00 bits per heavy atom. The van der Waals surface area contributed by atoms with Crippen LogP contribution in [-0.4, -0.2) is 47.1 Å². The van der Waals surface area contributed by atoms with Gasteiger partial charge in [-0.05, 0) is 25.9 Å². The van der Waals surface area contributed by atoms with Gasteiger partial charge in [0.15, 0.2) is 0 Å². The second-order valence-corrected chi connectivity index (χ2v) is 4.25. The molecule has 2 heterocycles. The molecule has 5 heteroatoms. The smallest absolute Gasteiger partial charge is 0.326 e. The van der Waals surface area contributed by atoms with Crippen LogP contribution in [-0.2, 0) is 9.59 Å². The molecule has 5 nitrogen and oxygen atoms in total. The predicted molar refractivity (Wildman–Crippen MR) is 53.4 cm³/mol. The van der Waals surface area contributed by atoms with E-state index in [1.807, 2.05) is 0 Å². The van der Waals surface area contributed by atoms with Gasteiger partial charge in [0, 0.05) is 6.42 Å². The number of amides is 1. The molecule has 2 aliphatic rings. The summed E-state index contributed by atoms with van der Waals surface area (Å²) in [6.45, 7) is 1.84. The predicted octanol–water partition coefficient (Wildman–Crippen LogP) is -0.186. The van der Waals surface area contributed by atoms with Gasteiger partial charge < -0.3 is 10.4 Å². The summed E-state index contributed by atoms with van der Waals surface area (Å²) in [6.07, 6.45) is 3.85. The lowest BCUT2D eigenvalue weighted by Crippen LogP contribution is -2.43. The minimum Gasteiger partial charge on any atom is -0.480 e. The van der Waals surface area contributed by atoms with Gasteiger partial charge in [0.25, 0.3) is 0 Å². The number of rotatable bonds is 2. The fourth-order valence-electron chi connectivity index (χ4n) is 2.36. The highest BCUT2D eigenvalue weighted by atomic mass is 16.4. The number of hydrogen-bond donors (Lipinski definition) is 2. The minimum absolute atomic E-state index is 0.121. The van der Waals surface area contributed by atoms with Crippen LogP contribution < -0.4 is 5.32 Å². The molecule has 2 aliphatic heterocycles. The van der Waals surface area contributed by atoms with E-state index < -0.39 is 12.0 Å². The molecule has 2 saturated heterocycles. The third-order valence-electron chi connectivity index (χ3n) is 3.21. The molecule has 2 rings (SSSR count). The Hall–Kier alpha value is -1.10. The zero-order valence-electron chi connectivity index (χ0n) is 8.61. The maximum Gasteiger partial charge on any atom is 0.326 e. The van der Waals surface area contributed by atoms with Gasteiger partial charge in [-0.2, -0.15) is 0 Å². The molecule has 0 aromatic heterocycles. The largest absolute Gasteiger partial charge is 0.480 e. The first-order chi connectivity index (χ1) is 7.18. The van der Waals surface area contributed by atoms with E-state index in [2.05, 4.69) is 10.2 Å². The van der Waals surface area contributed by atoms with Gasteiger partial charge in [0.05, 0.1) is 6.04 Å². The number of carboxylic acids is 1. The van der Waals surface area contributed by atoms with E-state index >= 15 is 0 Å². The zero-order valence-corrected chi connectivity index (χ0v) is 8.61. The molecule has 0 spiro atoms. The Kier molecular flexibility index (Phi) is 2.90. The lowest BCUT2D eigenvalue weighted by atomic mass is 10.1. The number of likely N-dealkylation sites (tertiary alicyclic amines) is 1. The number of carbonyl (C=O) groups excluding carboxylic acids is 1. The van der Waals surface area contributed by atoms with Crippen molar-refractivity contribution in [3.8, 4) is 0 Å². The van der Waals surface area contributed by atoms with E-state index in [0.717, 1.165) is 25.9 Å². The van der Waals surface area contributed by atoms with Crippen LogP contribution in [0.5, 0.6) is 0 Å². The first-order valence-electron chi connectivity index (χ1n) is 5.46. The van der Waals surface area contributed by atoms with Crippen molar-refractivity contribution in [1.82, 2.24) is 10.2 Å². The number of carbonyl (C=O) groups is 2. The van der Waals surface area contributed by atoms with Gasteiger partial charge in [0.1, 0.15) is 6.04 Å². The molecule has 0 bridgehead atoms. The van der Waals surface area contributed by atoms with Crippen LogP contribution in [0.4, 0.5) is 0 Å². The summed E-state index contributed by atoms with van der Waals surface area (Å²) in [5.74, 6) is -1.05. The highest BCUT2D eigenvalue weighted by molar-refractivity contribution is 5.91. The van der Waals surface area contributed by atoms with E-state index in [4.69, 9.17) is 5.11 Å². The highest BCUT2D eigenvalue weighted by Gasteiger charge is 2.39. The second-order valence-electron chi connectivity index (χ2n) is 4.25. The fourth-order valence-corrected chi connectivity index (χ4v) is 2.36. The zero-order chi connectivity index (χ0) is 10.8. The summed E-state index contributed by atoms with van der Waals surface area (Å²) in [6, 6.07) is -0.907. The van der Waals surface area contributed by atoms with Gasteiger partial charge in [0.2, 0.25) is 5.91 Å². The average Bonchev–Trinajstić information content (AvgIpc) is 2.62. The number of nitrogens with zero attached hydrogens (tertiary/aromatic N) is 1. The van der Waals surface area contributed by atoms with E-state index in [9.17, 15) is 9.59 Å². The van der Waals surface area contributed by atoms with E-state index in [1.54, 1.807) is 0 Å². The maximum atomic E-state index is 11.6.